The molecule has 0 aliphatic heterocycles. The summed E-state index contributed by atoms with van der Waals surface area (Å²) in [5, 5.41) is 16.9. The van der Waals surface area contributed by atoms with Gasteiger partial charge in [0.1, 0.15) is 0 Å². The van der Waals surface area contributed by atoms with E-state index in [1.54, 1.807) is 17.2 Å². The lowest BCUT2D eigenvalue weighted by atomic mass is 9.84. The molecule has 0 bridgehead atoms. The molecule has 5 nitrogen and oxygen atoms in total. The van der Waals surface area contributed by atoms with Gasteiger partial charge >= 0.3 is 5.97 Å². The fraction of sp³-hybridized carbons (Fsp3) is 0.700. The average Bonchev–Trinajstić information content (AvgIpc) is 2.71. The van der Waals surface area contributed by atoms with Crippen LogP contribution in [0.4, 0.5) is 0 Å². The molecular weight excluding hydrogens is 194 g/mol. The zero-order valence-corrected chi connectivity index (χ0v) is 8.54. The summed E-state index contributed by atoms with van der Waals surface area (Å²) in [6.45, 7) is 0. The Morgan fingerprint density at radius 3 is 2.40 bits per heavy atom. The number of aliphatic carboxylic acids is 1. The highest BCUT2D eigenvalue weighted by Crippen LogP contribution is 2.32. The van der Waals surface area contributed by atoms with Crippen LogP contribution in [0.3, 0.4) is 0 Å². The smallest absolute Gasteiger partial charge is 0.303 e. The Morgan fingerprint density at radius 2 is 1.87 bits per heavy atom. The van der Waals surface area contributed by atoms with Gasteiger partial charge in [0.2, 0.25) is 0 Å². The number of hydrogen-bond donors (Lipinski definition) is 1. The average molecular weight is 209 g/mol. The molecule has 0 atom stereocenters. The second-order valence-corrected chi connectivity index (χ2v) is 4.12. The largest absolute Gasteiger partial charge is 0.481 e. The number of aromatic nitrogens is 3. The standard InChI is InChI=1S/C10H15N3O2/c14-10(15)7-8-1-3-9(4-2-8)13-11-5-6-12-13/h5-6,8-9H,1-4,7H2,(H,14,15). The first-order chi connectivity index (χ1) is 7.25. The first-order valence-corrected chi connectivity index (χ1v) is 5.33. The van der Waals surface area contributed by atoms with Crippen LogP contribution in [-0.2, 0) is 4.79 Å². The topological polar surface area (TPSA) is 68.0 Å². The number of carbonyl (C=O) groups is 1. The number of rotatable bonds is 3. The van der Waals surface area contributed by atoms with Gasteiger partial charge in [-0.25, -0.2) is 0 Å². The molecule has 5 heteroatoms. The molecule has 1 aliphatic carbocycles. The van der Waals surface area contributed by atoms with Gasteiger partial charge in [0, 0.05) is 6.42 Å². The Labute approximate surface area is 88.1 Å². The molecule has 0 spiro atoms. The van der Waals surface area contributed by atoms with Crippen LogP contribution in [0.2, 0.25) is 0 Å². The van der Waals surface area contributed by atoms with Crippen LogP contribution < -0.4 is 0 Å². The highest BCUT2D eigenvalue weighted by Gasteiger charge is 2.24. The van der Waals surface area contributed by atoms with Crippen molar-refractivity contribution in [1.29, 1.82) is 0 Å². The fourth-order valence-corrected chi connectivity index (χ4v) is 2.24. The number of carboxylic acids is 1. The summed E-state index contributed by atoms with van der Waals surface area (Å²) in [5.41, 5.74) is 0. The van der Waals surface area contributed by atoms with E-state index in [2.05, 4.69) is 10.2 Å². The van der Waals surface area contributed by atoms with Crippen molar-refractivity contribution in [2.24, 2.45) is 5.92 Å². The summed E-state index contributed by atoms with van der Waals surface area (Å²) in [5.74, 6) is -0.343. The molecule has 0 unspecified atom stereocenters. The predicted molar refractivity (Wildman–Crippen MR) is 53.3 cm³/mol. The molecule has 0 amide bonds. The van der Waals surface area contributed by atoms with Crippen LogP contribution >= 0.6 is 0 Å². The van der Waals surface area contributed by atoms with Gasteiger partial charge in [-0.3, -0.25) is 4.79 Å². The van der Waals surface area contributed by atoms with Crippen molar-refractivity contribution in [2.45, 2.75) is 38.1 Å². The van der Waals surface area contributed by atoms with Gasteiger partial charge in [0.15, 0.2) is 0 Å². The summed E-state index contributed by atoms with van der Waals surface area (Å²) >= 11 is 0. The maximum absolute atomic E-state index is 10.5. The van der Waals surface area contributed by atoms with Crippen LogP contribution in [0.1, 0.15) is 38.1 Å². The first kappa shape index (κ1) is 10.1. The number of nitrogens with zero attached hydrogens (tertiary/aromatic N) is 3. The summed E-state index contributed by atoms with van der Waals surface area (Å²) in [6, 6.07) is 0.366. The monoisotopic (exact) mass is 209 g/mol. The molecule has 0 saturated heterocycles. The molecule has 1 aromatic rings. The highest BCUT2D eigenvalue weighted by atomic mass is 16.4. The van der Waals surface area contributed by atoms with Crippen LogP contribution in [0.25, 0.3) is 0 Å². The van der Waals surface area contributed by atoms with Gasteiger partial charge < -0.3 is 5.11 Å². The molecule has 1 aliphatic rings. The summed E-state index contributed by atoms with van der Waals surface area (Å²) in [6.07, 6.45) is 7.60. The van der Waals surface area contributed by atoms with Crippen molar-refractivity contribution in [3.05, 3.63) is 12.4 Å². The molecule has 1 saturated carbocycles. The fourth-order valence-electron chi connectivity index (χ4n) is 2.24. The van der Waals surface area contributed by atoms with Crippen molar-refractivity contribution in [3.8, 4) is 0 Å². The second kappa shape index (κ2) is 4.42. The SMILES string of the molecule is O=C(O)CC1CCC(n2nccn2)CC1. The molecule has 0 aromatic carbocycles. The lowest BCUT2D eigenvalue weighted by Crippen LogP contribution is -2.21. The Bertz CT molecular complexity index is 315. The van der Waals surface area contributed by atoms with E-state index in [0.717, 1.165) is 25.7 Å². The van der Waals surface area contributed by atoms with E-state index < -0.39 is 5.97 Å². The van der Waals surface area contributed by atoms with Crippen molar-refractivity contribution in [2.75, 3.05) is 0 Å². The normalized spacial score (nSPS) is 26.4. The van der Waals surface area contributed by atoms with Crippen molar-refractivity contribution < 1.29 is 9.90 Å². The maximum Gasteiger partial charge on any atom is 0.303 e. The quantitative estimate of drug-likeness (QED) is 0.818. The summed E-state index contributed by atoms with van der Waals surface area (Å²) < 4.78 is 0. The molecule has 1 fully saturated rings. The lowest BCUT2D eigenvalue weighted by molar-refractivity contribution is -0.138. The molecular formula is C10H15N3O2. The molecule has 1 N–H and O–H groups in total. The lowest BCUT2D eigenvalue weighted by Gasteiger charge is -2.26. The van der Waals surface area contributed by atoms with E-state index in [9.17, 15) is 4.79 Å². The van der Waals surface area contributed by atoms with E-state index in [4.69, 9.17) is 5.11 Å². The third-order valence-corrected chi connectivity index (χ3v) is 3.04. The minimum absolute atomic E-state index is 0.305. The van der Waals surface area contributed by atoms with Crippen molar-refractivity contribution in [3.63, 3.8) is 0 Å². The third-order valence-electron chi connectivity index (χ3n) is 3.04. The van der Waals surface area contributed by atoms with E-state index >= 15 is 0 Å². The van der Waals surface area contributed by atoms with Crippen LogP contribution in [0.5, 0.6) is 0 Å². The molecule has 2 rings (SSSR count). The van der Waals surface area contributed by atoms with E-state index in [1.807, 2.05) is 0 Å². The van der Waals surface area contributed by atoms with Crippen LogP contribution in [0, 0.1) is 5.92 Å². The van der Waals surface area contributed by atoms with Gasteiger partial charge in [0.25, 0.3) is 0 Å². The predicted octanol–water partition coefficient (Wildman–Crippen LogP) is 1.48. The number of carboxylic acid groups (broad SMARTS) is 1. The number of hydrogen-bond acceptors (Lipinski definition) is 3. The zero-order chi connectivity index (χ0) is 10.7. The minimum atomic E-state index is -0.685. The van der Waals surface area contributed by atoms with Crippen LogP contribution in [-0.4, -0.2) is 26.1 Å². The summed E-state index contributed by atoms with van der Waals surface area (Å²) in [4.78, 5) is 12.3. The van der Waals surface area contributed by atoms with Crippen LogP contribution in [0.15, 0.2) is 12.4 Å². The highest BCUT2D eigenvalue weighted by molar-refractivity contribution is 5.67. The molecule has 82 valence electrons. The Hall–Kier alpha value is -1.39. The third kappa shape index (κ3) is 2.55. The summed E-state index contributed by atoms with van der Waals surface area (Å²) in [7, 11) is 0. The van der Waals surface area contributed by atoms with Gasteiger partial charge in [-0.2, -0.15) is 15.0 Å². The second-order valence-electron chi connectivity index (χ2n) is 4.12. The molecule has 0 radical (unpaired) electrons. The van der Waals surface area contributed by atoms with Gasteiger partial charge in [-0.1, -0.05) is 0 Å². The Morgan fingerprint density at radius 1 is 1.27 bits per heavy atom. The van der Waals surface area contributed by atoms with E-state index in [-0.39, 0.29) is 0 Å². The Kier molecular flexibility index (Phi) is 2.99. The van der Waals surface area contributed by atoms with Gasteiger partial charge in [-0.15, -0.1) is 0 Å². The molecule has 15 heavy (non-hydrogen) atoms. The minimum Gasteiger partial charge on any atom is -0.481 e. The van der Waals surface area contributed by atoms with Crippen molar-refractivity contribution >= 4 is 5.97 Å². The van der Waals surface area contributed by atoms with E-state index in [0.29, 0.717) is 18.4 Å². The molecule has 1 aromatic heterocycles. The zero-order valence-electron chi connectivity index (χ0n) is 8.54. The van der Waals surface area contributed by atoms with Gasteiger partial charge in [0.05, 0.1) is 18.4 Å². The Balaban J connectivity index is 1.84. The first-order valence-electron chi connectivity index (χ1n) is 5.33. The molecule has 1 heterocycles. The van der Waals surface area contributed by atoms with E-state index in [1.165, 1.54) is 0 Å². The maximum atomic E-state index is 10.5. The van der Waals surface area contributed by atoms with Gasteiger partial charge in [-0.05, 0) is 31.6 Å². The van der Waals surface area contributed by atoms with Crippen molar-refractivity contribution in [1.82, 2.24) is 15.0 Å².